The molecule has 3 aromatic rings. The summed E-state index contributed by atoms with van der Waals surface area (Å²) in [4.78, 5) is 0. The van der Waals surface area contributed by atoms with E-state index in [2.05, 4.69) is 48.6 Å². The van der Waals surface area contributed by atoms with E-state index in [0.717, 1.165) is 47.0 Å². The Kier molecular flexibility index (Phi) is 8.44. The lowest BCUT2D eigenvalue weighted by Gasteiger charge is -2.06. The molecule has 0 spiro atoms. The van der Waals surface area contributed by atoms with Crippen molar-refractivity contribution in [3.05, 3.63) is 95.1 Å². The quantitative estimate of drug-likeness (QED) is 0.129. The molecular formula is C30H30O6. The summed E-state index contributed by atoms with van der Waals surface area (Å²) in [6.45, 7) is 3.24. The average Bonchev–Trinajstić information content (AvgIpc) is 3.85. The highest BCUT2D eigenvalue weighted by Gasteiger charge is 2.22. The molecule has 5 rings (SSSR count). The maximum absolute atomic E-state index is 5.58. The van der Waals surface area contributed by atoms with Gasteiger partial charge in [0.05, 0.1) is 26.4 Å². The van der Waals surface area contributed by atoms with Crippen LogP contribution in [0.2, 0.25) is 0 Å². The molecule has 2 fully saturated rings. The van der Waals surface area contributed by atoms with Crippen LogP contribution < -0.4 is 9.47 Å². The summed E-state index contributed by atoms with van der Waals surface area (Å²) < 4.78 is 32.2. The lowest BCUT2D eigenvalue weighted by atomic mass is 10.1. The van der Waals surface area contributed by atoms with E-state index in [1.54, 1.807) is 0 Å². The van der Waals surface area contributed by atoms with Crippen molar-refractivity contribution in [1.29, 1.82) is 0 Å². The molecule has 0 saturated carbocycles. The fraction of sp³-hybridized carbons (Fsp3) is 0.267. The molecule has 2 aliphatic rings. The van der Waals surface area contributed by atoms with Crippen LogP contribution in [0.25, 0.3) is 24.3 Å². The molecule has 6 nitrogen and oxygen atoms in total. The molecule has 0 bridgehead atoms. The van der Waals surface area contributed by atoms with Crippen LogP contribution in [-0.2, 0) is 18.9 Å². The topological polar surface area (TPSA) is 62.0 Å². The fourth-order valence-electron chi connectivity index (χ4n) is 3.36. The van der Waals surface area contributed by atoms with Gasteiger partial charge in [-0.3, -0.25) is 0 Å². The van der Waals surface area contributed by atoms with E-state index in [4.69, 9.17) is 28.4 Å². The number of ether oxygens (including phenoxy) is 6. The Labute approximate surface area is 211 Å². The van der Waals surface area contributed by atoms with Crippen molar-refractivity contribution in [1.82, 2.24) is 0 Å². The number of hydrogen-bond acceptors (Lipinski definition) is 6. The van der Waals surface area contributed by atoms with Gasteiger partial charge in [-0.15, -0.1) is 0 Å². The molecule has 0 radical (unpaired) electrons. The Balaban J connectivity index is 1.05. The fourth-order valence-corrected chi connectivity index (χ4v) is 3.36. The maximum atomic E-state index is 5.58. The Morgan fingerprint density at radius 3 is 1.14 bits per heavy atom. The summed E-state index contributed by atoms with van der Waals surface area (Å²) in [6.07, 6.45) is 8.88. The Morgan fingerprint density at radius 1 is 0.528 bits per heavy atom. The number of epoxide rings is 2. The van der Waals surface area contributed by atoms with E-state index in [0.29, 0.717) is 13.2 Å². The second-order valence-corrected chi connectivity index (χ2v) is 8.65. The Morgan fingerprint density at radius 2 is 0.833 bits per heavy atom. The average molecular weight is 487 g/mol. The van der Waals surface area contributed by atoms with Gasteiger partial charge in [0.15, 0.2) is 13.6 Å². The van der Waals surface area contributed by atoms with Crippen molar-refractivity contribution in [2.24, 2.45) is 0 Å². The monoisotopic (exact) mass is 486 g/mol. The largest absolute Gasteiger partial charge is 0.468 e. The highest BCUT2D eigenvalue weighted by molar-refractivity contribution is 5.73. The lowest BCUT2D eigenvalue weighted by Crippen LogP contribution is -2.07. The maximum Gasteiger partial charge on any atom is 0.189 e. The van der Waals surface area contributed by atoms with E-state index < -0.39 is 0 Å². The molecule has 0 N–H and O–H groups in total. The van der Waals surface area contributed by atoms with Crippen LogP contribution in [0.5, 0.6) is 11.5 Å². The first-order valence-electron chi connectivity index (χ1n) is 12.1. The van der Waals surface area contributed by atoms with Gasteiger partial charge in [-0.25, -0.2) is 0 Å². The van der Waals surface area contributed by atoms with Crippen LogP contribution in [0, 0.1) is 0 Å². The molecule has 0 aliphatic carbocycles. The van der Waals surface area contributed by atoms with Crippen molar-refractivity contribution < 1.29 is 28.4 Å². The van der Waals surface area contributed by atoms with Crippen LogP contribution >= 0.6 is 0 Å². The van der Waals surface area contributed by atoms with Crippen molar-refractivity contribution in [2.45, 2.75) is 12.2 Å². The second kappa shape index (κ2) is 12.5. The zero-order chi connectivity index (χ0) is 24.4. The van der Waals surface area contributed by atoms with Crippen molar-refractivity contribution in [2.75, 3.05) is 40.0 Å². The summed E-state index contributed by atoms with van der Waals surface area (Å²) >= 11 is 0. The van der Waals surface area contributed by atoms with Gasteiger partial charge in [0.25, 0.3) is 0 Å². The van der Waals surface area contributed by atoms with E-state index in [1.165, 1.54) is 0 Å². The normalized spacial score (nSPS) is 18.6. The van der Waals surface area contributed by atoms with E-state index in [1.807, 2.05) is 48.5 Å². The van der Waals surface area contributed by atoms with Gasteiger partial charge in [-0.2, -0.15) is 0 Å². The first-order valence-corrected chi connectivity index (χ1v) is 12.1. The molecule has 2 atom stereocenters. The molecule has 186 valence electrons. The van der Waals surface area contributed by atoms with E-state index >= 15 is 0 Å². The molecule has 2 unspecified atom stereocenters. The number of rotatable bonds is 14. The third kappa shape index (κ3) is 8.36. The van der Waals surface area contributed by atoms with Gasteiger partial charge in [-0.1, -0.05) is 72.8 Å². The van der Waals surface area contributed by atoms with Crippen molar-refractivity contribution in [3.63, 3.8) is 0 Å². The number of hydrogen-bond donors (Lipinski definition) is 0. The standard InChI is InChI=1S/C30H30O6/c1-2-24(6-8-26-11-15-28(16-12-26)36-22-32-18-30-20-34-30)4-3-23(1)5-7-25-9-13-27(14-10-25)35-21-31-17-29-19-33-29/h1-16,29-30H,17-22H2. The van der Waals surface area contributed by atoms with Crippen molar-refractivity contribution in [3.8, 4) is 11.5 Å². The van der Waals surface area contributed by atoms with Gasteiger partial charge in [0, 0.05) is 0 Å². The van der Waals surface area contributed by atoms with Crippen LogP contribution in [0.15, 0.2) is 72.8 Å². The van der Waals surface area contributed by atoms with Crippen LogP contribution in [-0.4, -0.2) is 52.2 Å². The molecule has 6 heteroatoms. The predicted molar refractivity (Wildman–Crippen MR) is 140 cm³/mol. The minimum absolute atomic E-state index is 0.238. The summed E-state index contributed by atoms with van der Waals surface area (Å²) in [5, 5.41) is 0. The summed E-state index contributed by atoms with van der Waals surface area (Å²) in [7, 11) is 0. The summed E-state index contributed by atoms with van der Waals surface area (Å²) in [5.41, 5.74) is 4.49. The van der Waals surface area contributed by atoms with Gasteiger partial charge < -0.3 is 28.4 Å². The van der Waals surface area contributed by atoms with Crippen LogP contribution in [0.4, 0.5) is 0 Å². The molecular weight excluding hydrogens is 456 g/mol. The predicted octanol–water partition coefficient (Wildman–Crippen LogP) is 5.53. The molecule has 2 saturated heterocycles. The van der Waals surface area contributed by atoms with Crippen LogP contribution in [0.3, 0.4) is 0 Å². The van der Waals surface area contributed by atoms with Crippen molar-refractivity contribution >= 4 is 24.3 Å². The van der Waals surface area contributed by atoms with E-state index in [-0.39, 0.29) is 25.8 Å². The van der Waals surface area contributed by atoms with Gasteiger partial charge >= 0.3 is 0 Å². The van der Waals surface area contributed by atoms with Gasteiger partial charge in [-0.05, 0) is 46.5 Å². The highest BCUT2D eigenvalue weighted by atomic mass is 16.7. The molecule has 2 heterocycles. The molecule has 0 amide bonds. The summed E-state index contributed by atoms with van der Waals surface area (Å²) in [6, 6.07) is 24.3. The minimum Gasteiger partial charge on any atom is -0.468 e. The second-order valence-electron chi connectivity index (χ2n) is 8.65. The first kappa shape index (κ1) is 24.3. The molecule has 36 heavy (non-hydrogen) atoms. The first-order chi connectivity index (χ1) is 17.8. The molecule has 2 aliphatic heterocycles. The molecule has 0 aromatic heterocycles. The van der Waals surface area contributed by atoms with E-state index in [9.17, 15) is 0 Å². The molecule has 3 aromatic carbocycles. The van der Waals surface area contributed by atoms with Gasteiger partial charge in [0.1, 0.15) is 23.7 Å². The SMILES string of the molecule is C(=Cc1ccc(OCOCC2CO2)cc1)c1ccc(C=Cc2ccc(OCOCC3CO3)cc2)cc1. The lowest BCUT2D eigenvalue weighted by molar-refractivity contribution is 0.00809. The Hall–Kier alpha value is -3.42. The Bertz CT molecular complexity index is 1040. The number of benzene rings is 3. The summed E-state index contributed by atoms with van der Waals surface area (Å²) in [5.74, 6) is 1.58. The zero-order valence-electron chi connectivity index (χ0n) is 20.1. The highest BCUT2D eigenvalue weighted by Crippen LogP contribution is 2.18. The third-order valence-corrected chi connectivity index (χ3v) is 5.66. The van der Waals surface area contributed by atoms with Gasteiger partial charge in [0.2, 0.25) is 0 Å². The third-order valence-electron chi connectivity index (χ3n) is 5.66. The zero-order valence-corrected chi connectivity index (χ0v) is 20.1. The smallest absolute Gasteiger partial charge is 0.189 e. The minimum atomic E-state index is 0.238. The van der Waals surface area contributed by atoms with Crippen LogP contribution in [0.1, 0.15) is 22.3 Å².